The number of benzene rings is 1. The normalized spacial score (nSPS) is 10.3. The molecule has 0 radical (unpaired) electrons. The van der Waals surface area contributed by atoms with E-state index in [1.807, 2.05) is 36.4 Å². The molecule has 0 saturated carbocycles. The van der Waals surface area contributed by atoms with Crippen LogP contribution in [0.4, 0.5) is 6.01 Å². The van der Waals surface area contributed by atoms with Gasteiger partial charge in [0.05, 0.1) is 6.42 Å². The Hall–Kier alpha value is -3.02. The Kier molecular flexibility index (Phi) is 3.68. The van der Waals surface area contributed by atoms with Crippen molar-refractivity contribution in [3.63, 3.8) is 0 Å². The highest BCUT2D eigenvalue weighted by Crippen LogP contribution is 2.16. The molecule has 0 fully saturated rings. The monoisotopic (exact) mass is 280 g/mol. The molecular weight excluding hydrogens is 268 g/mol. The van der Waals surface area contributed by atoms with Gasteiger partial charge in [-0.15, -0.1) is 5.10 Å². The number of nitrogens with one attached hydrogen (secondary N) is 1. The van der Waals surface area contributed by atoms with E-state index in [0.717, 1.165) is 5.56 Å². The highest BCUT2D eigenvalue weighted by atomic mass is 16.4. The average Bonchev–Trinajstić information content (AvgIpc) is 2.97. The van der Waals surface area contributed by atoms with Gasteiger partial charge in [-0.2, -0.15) is 0 Å². The van der Waals surface area contributed by atoms with Crippen LogP contribution in [0.5, 0.6) is 0 Å². The fraction of sp³-hybridized carbons (Fsp3) is 0.0667. The Morgan fingerprint density at radius 2 is 1.86 bits per heavy atom. The fourth-order valence-electron chi connectivity index (χ4n) is 1.81. The summed E-state index contributed by atoms with van der Waals surface area (Å²) in [4.78, 5) is 16.0. The predicted octanol–water partition coefficient (Wildman–Crippen LogP) is 2.31. The molecule has 104 valence electrons. The van der Waals surface area contributed by atoms with Crippen molar-refractivity contribution in [1.82, 2.24) is 15.2 Å². The summed E-state index contributed by atoms with van der Waals surface area (Å²) in [5.74, 6) is 0.0584. The summed E-state index contributed by atoms with van der Waals surface area (Å²) in [5.41, 5.74) is 1.48. The first-order valence-corrected chi connectivity index (χ1v) is 6.40. The van der Waals surface area contributed by atoms with Crippen molar-refractivity contribution in [3.8, 4) is 11.6 Å². The lowest BCUT2D eigenvalue weighted by atomic mass is 10.1. The van der Waals surface area contributed by atoms with Crippen LogP contribution in [0.25, 0.3) is 11.6 Å². The molecule has 2 heterocycles. The molecule has 1 N–H and O–H groups in total. The number of rotatable bonds is 4. The topological polar surface area (TPSA) is 80.9 Å². The number of hydrogen-bond acceptors (Lipinski definition) is 5. The maximum Gasteiger partial charge on any atom is 0.322 e. The number of carbonyl (C=O) groups is 1. The fourth-order valence-corrected chi connectivity index (χ4v) is 1.81. The van der Waals surface area contributed by atoms with E-state index in [9.17, 15) is 4.79 Å². The highest BCUT2D eigenvalue weighted by molar-refractivity contribution is 5.90. The molecular formula is C15H12N4O2. The van der Waals surface area contributed by atoms with Crippen LogP contribution in [0.15, 0.2) is 59.1 Å². The Morgan fingerprint density at radius 3 is 2.62 bits per heavy atom. The van der Waals surface area contributed by atoms with Crippen LogP contribution < -0.4 is 5.32 Å². The molecule has 0 bridgehead atoms. The second-order valence-electron chi connectivity index (χ2n) is 4.34. The molecule has 1 amide bonds. The average molecular weight is 280 g/mol. The van der Waals surface area contributed by atoms with E-state index in [0.29, 0.717) is 5.69 Å². The molecule has 0 aliphatic carbocycles. The molecule has 6 heteroatoms. The van der Waals surface area contributed by atoms with Crippen molar-refractivity contribution in [2.24, 2.45) is 0 Å². The third-order valence-electron chi connectivity index (χ3n) is 2.76. The Labute approximate surface area is 120 Å². The first-order chi connectivity index (χ1) is 10.3. The lowest BCUT2D eigenvalue weighted by Crippen LogP contribution is -2.14. The van der Waals surface area contributed by atoms with Gasteiger partial charge in [-0.1, -0.05) is 41.5 Å². The van der Waals surface area contributed by atoms with Crippen molar-refractivity contribution in [2.45, 2.75) is 6.42 Å². The number of anilines is 1. The van der Waals surface area contributed by atoms with E-state index in [-0.39, 0.29) is 24.2 Å². The predicted molar refractivity (Wildman–Crippen MR) is 76.3 cm³/mol. The maximum atomic E-state index is 11.9. The molecule has 2 aromatic heterocycles. The second kappa shape index (κ2) is 5.96. The van der Waals surface area contributed by atoms with E-state index in [4.69, 9.17) is 4.42 Å². The highest BCUT2D eigenvalue weighted by Gasteiger charge is 2.12. The van der Waals surface area contributed by atoms with Crippen LogP contribution in [-0.4, -0.2) is 21.1 Å². The zero-order chi connectivity index (χ0) is 14.5. The van der Waals surface area contributed by atoms with Gasteiger partial charge >= 0.3 is 6.01 Å². The molecule has 21 heavy (non-hydrogen) atoms. The van der Waals surface area contributed by atoms with Crippen molar-refractivity contribution in [1.29, 1.82) is 0 Å². The molecule has 0 aliphatic heterocycles. The van der Waals surface area contributed by atoms with Crippen molar-refractivity contribution in [3.05, 3.63) is 60.3 Å². The van der Waals surface area contributed by atoms with Gasteiger partial charge in [-0.05, 0) is 17.7 Å². The largest absolute Gasteiger partial charge is 0.401 e. The number of carbonyl (C=O) groups excluding carboxylic acids is 1. The molecule has 0 saturated heterocycles. The van der Waals surface area contributed by atoms with E-state index >= 15 is 0 Å². The van der Waals surface area contributed by atoms with Gasteiger partial charge in [0.25, 0.3) is 5.89 Å². The Balaban J connectivity index is 1.66. The van der Waals surface area contributed by atoms with E-state index in [1.165, 1.54) is 0 Å². The van der Waals surface area contributed by atoms with Crippen LogP contribution in [-0.2, 0) is 11.2 Å². The van der Waals surface area contributed by atoms with Gasteiger partial charge in [0.15, 0.2) is 0 Å². The van der Waals surface area contributed by atoms with Crippen LogP contribution in [0.1, 0.15) is 5.56 Å². The molecule has 6 nitrogen and oxygen atoms in total. The smallest absolute Gasteiger partial charge is 0.322 e. The van der Waals surface area contributed by atoms with Gasteiger partial charge in [-0.25, -0.2) is 0 Å². The second-order valence-corrected chi connectivity index (χ2v) is 4.34. The maximum absolute atomic E-state index is 11.9. The van der Waals surface area contributed by atoms with Crippen LogP contribution in [0.2, 0.25) is 0 Å². The van der Waals surface area contributed by atoms with Gasteiger partial charge < -0.3 is 4.42 Å². The standard InChI is InChI=1S/C15H12N4O2/c20-13(10-11-6-2-1-3-7-11)17-15-19-18-14(21-15)12-8-4-5-9-16-12/h1-9H,10H2,(H,17,19,20). The molecule has 0 atom stereocenters. The van der Waals surface area contributed by atoms with Crippen LogP contribution in [0, 0.1) is 0 Å². The van der Waals surface area contributed by atoms with Crippen LogP contribution in [0.3, 0.4) is 0 Å². The lowest BCUT2D eigenvalue weighted by molar-refractivity contribution is -0.115. The van der Waals surface area contributed by atoms with Crippen molar-refractivity contribution >= 4 is 11.9 Å². The van der Waals surface area contributed by atoms with E-state index in [1.54, 1.807) is 18.3 Å². The summed E-state index contributed by atoms with van der Waals surface area (Å²) in [6.45, 7) is 0. The molecule has 3 rings (SSSR count). The zero-order valence-corrected chi connectivity index (χ0v) is 11.1. The number of pyridine rings is 1. The van der Waals surface area contributed by atoms with Gasteiger partial charge in [-0.3, -0.25) is 15.1 Å². The van der Waals surface area contributed by atoms with Crippen LogP contribution >= 0.6 is 0 Å². The third-order valence-corrected chi connectivity index (χ3v) is 2.76. The van der Waals surface area contributed by atoms with E-state index < -0.39 is 0 Å². The number of nitrogens with zero attached hydrogens (tertiary/aromatic N) is 3. The minimum atomic E-state index is -0.211. The van der Waals surface area contributed by atoms with Gasteiger partial charge in [0, 0.05) is 6.20 Å². The first kappa shape index (κ1) is 13.0. The molecule has 0 aliphatic rings. The summed E-state index contributed by atoms with van der Waals surface area (Å²) >= 11 is 0. The summed E-state index contributed by atoms with van der Waals surface area (Å²) in [6.07, 6.45) is 1.88. The van der Waals surface area contributed by atoms with Crippen molar-refractivity contribution in [2.75, 3.05) is 5.32 Å². The van der Waals surface area contributed by atoms with Gasteiger partial charge in [0.1, 0.15) is 5.69 Å². The summed E-state index contributed by atoms with van der Waals surface area (Å²) < 4.78 is 5.36. The Bertz CT molecular complexity index is 726. The first-order valence-electron chi connectivity index (χ1n) is 6.40. The summed E-state index contributed by atoms with van der Waals surface area (Å²) in [5, 5.41) is 10.2. The number of amides is 1. The quantitative estimate of drug-likeness (QED) is 0.793. The van der Waals surface area contributed by atoms with Crippen molar-refractivity contribution < 1.29 is 9.21 Å². The Morgan fingerprint density at radius 1 is 1.05 bits per heavy atom. The number of aromatic nitrogens is 3. The summed E-state index contributed by atoms with van der Waals surface area (Å²) in [6, 6.07) is 14.9. The lowest BCUT2D eigenvalue weighted by Gasteiger charge is -2.00. The van der Waals surface area contributed by atoms with E-state index in [2.05, 4.69) is 20.5 Å². The SMILES string of the molecule is O=C(Cc1ccccc1)Nc1nnc(-c2ccccn2)o1. The molecule has 3 aromatic rings. The summed E-state index contributed by atoms with van der Waals surface area (Å²) in [7, 11) is 0. The number of hydrogen-bond donors (Lipinski definition) is 1. The minimum Gasteiger partial charge on any atom is -0.401 e. The zero-order valence-electron chi connectivity index (χ0n) is 11.1. The van der Waals surface area contributed by atoms with Gasteiger partial charge in [0.2, 0.25) is 5.91 Å². The minimum absolute atomic E-state index is 0.0663. The third kappa shape index (κ3) is 3.30. The molecule has 0 unspecified atom stereocenters. The molecule has 0 spiro atoms. The molecule has 1 aromatic carbocycles.